The number of anilines is 1. The van der Waals surface area contributed by atoms with Gasteiger partial charge in [0.15, 0.2) is 0 Å². The first kappa shape index (κ1) is 23.5. The van der Waals surface area contributed by atoms with Crippen molar-refractivity contribution in [3.05, 3.63) is 12.1 Å². The van der Waals surface area contributed by atoms with Gasteiger partial charge in [0.1, 0.15) is 9.79 Å². The molecule has 4 rings (SSSR count). The lowest BCUT2D eigenvalue weighted by Crippen LogP contribution is -2.37. The van der Waals surface area contributed by atoms with Gasteiger partial charge in [-0.25, -0.2) is 26.7 Å². The van der Waals surface area contributed by atoms with Crippen molar-refractivity contribution in [2.75, 3.05) is 31.1 Å². The lowest BCUT2D eigenvalue weighted by Gasteiger charge is -2.24. The second-order valence-corrected chi connectivity index (χ2v) is 11.2. The van der Waals surface area contributed by atoms with Gasteiger partial charge in [0.05, 0.1) is 5.56 Å². The van der Waals surface area contributed by atoms with Crippen molar-refractivity contribution in [3.63, 3.8) is 0 Å². The zero-order chi connectivity index (χ0) is 23.8. The van der Waals surface area contributed by atoms with Crippen LogP contribution in [-0.4, -0.2) is 81.6 Å². The number of aromatic amines is 1. The molecule has 1 amide bonds. The molecule has 14 nitrogen and oxygen atoms in total. The Bertz CT molecular complexity index is 1240. The Morgan fingerprint density at radius 1 is 1.21 bits per heavy atom. The topological polar surface area (TPSA) is 205 Å². The Morgan fingerprint density at radius 3 is 2.61 bits per heavy atom. The molecular formula is C17H25N9O5S2. The third-order valence-corrected chi connectivity index (χ3v) is 8.25. The minimum Gasteiger partial charge on any atom is -0.369 e. The SMILES string of the molecule is CC(=O)N[C@@H]1CCN(c2ccc(S(=O)(=O)N[C@@H]3CCNC3)c(S(N)(=O)=O)c2-c2nn[nH]n2)C1. The van der Waals surface area contributed by atoms with Gasteiger partial charge in [0, 0.05) is 44.3 Å². The van der Waals surface area contributed by atoms with E-state index in [9.17, 15) is 21.6 Å². The van der Waals surface area contributed by atoms with E-state index in [2.05, 4.69) is 36.0 Å². The monoisotopic (exact) mass is 499 g/mol. The van der Waals surface area contributed by atoms with Crippen LogP contribution < -0.4 is 25.4 Å². The third kappa shape index (κ3) is 4.98. The fourth-order valence-corrected chi connectivity index (χ4v) is 7.08. The molecule has 0 saturated carbocycles. The van der Waals surface area contributed by atoms with Crippen LogP contribution in [0.4, 0.5) is 5.69 Å². The maximum atomic E-state index is 13.2. The predicted octanol–water partition coefficient (Wildman–Crippen LogP) is -2.13. The van der Waals surface area contributed by atoms with Crippen molar-refractivity contribution in [3.8, 4) is 11.4 Å². The van der Waals surface area contributed by atoms with Crippen LogP contribution in [0, 0.1) is 0 Å². The summed E-state index contributed by atoms with van der Waals surface area (Å²) in [7, 11) is -8.79. The van der Waals surface area contributed by atoms with E-state index in [1.54, 1.807) is 0 Å². The van der Waals surface area contributed by atoms with Gasteiger partial charge in [-0.2, -0.15) is 5.21 Å². The molecular weight excluding hydrogens is 474 g/mol. The number of nitrogens with zero attached hydrogens (tertiary/aromatic N) is 4. The molecule has 33 heavy (non-hydrogen) atoms. The zero-order valence-electron chi connectivity index (χ0n) is 17.8. The molecule has 1 aromatic carbocycles. The number of H-pyrrole nitrogens is 1. The maximum Gasteiger partial charge on any atom is 0.242 e. The molecule has 0 radical (unpaired) electrons. The number of amides is 1. The Morgan fingerprint density at radius 2 is 2.00 bits per heavy atom. The summed E-state index contributed by atoms with van der Waals surface area (Å²) in [6, 6.07) is 2.18. The van der Waals surface area contributed by atoms with Crippen molar-refractivity contribution in [1.29, 1.82) is 0 Å². The van der Waals surface area contributed by atoms with Crippen LogP contribution in [-0.2, 0) is 24.8 Å². The minimum atomic E-state index is -4.54. The molecule has 3 heterocycles. The van der Waals surface area contributed by atoms with Crippen LogP contribution in [0.1, 0.15) is 19.8 Å². The first-order chi connectivity index (χ1) is 15.6. The van der Waals surface area contributed by atoms with Crippen molar-refractivity contribution in [2.24, 2.45) is 5.14 Å². The van der Waals surface area contributed by atoms with E-state index in [0.717, 1.165) is 0 Å². The normalized spacial score (nSPS) is 21.5. The van der Waals surface area contributed by atoms with E-state index in [1.165, 1.54) is 19.1 Å². The van der Waals surface area contributed by atoms with Gasteiger partial charge in [-0.05, 0) is 36.7 Å². The Labute approximate surface area is 190 Å². The van der Waals surface area contributed by atoms with Crippen LogP contribution in [0.3, 0.4) is 0 Å². The summed E-state index contributed by atoms with van der Waals surface area (Å²) in [5, 5.41) is 25.0. The number of rotatable bonds is 7. The molecule has 2 saturated heterocycles. The summed E-state index contributed by atoms with van der Waals surface area (Å²) in [6.45, 7) is 3.36. The summed E-state index contributed by atoms with van der Waals surface area (Å²) in [4.78, 5) is 12.2. The van der Waals surface area contributed by atoms with E-state index < -0.39 is 29.8 Å². The molecule has 2 aliphatic rings. The van der Waals surface area contributed by atoms with Gasteiger partial charge < -0.3 is 15.5 Å². The number of benzene rings is 1. The number of tetrazole rings is 1. The molecule has 0 spiro atoms. The molecule has 0 aliphatic carbocycles. The van der Waals surface area contributed by atoms with Crippen LogP contribution >= 0.6 is 0 Å². The molecule has 6 N–H and O–H groups in total. The average Bonchev–Trinajstić information content (AvgIpc) is 3.48. The number of hydrogen-bond donors (Lipinski definition) is 5. The largest absolute Gasteiger partial charge is 0.369 e. The van der Waals surface area contributed by atoms with E-state index in [1.807, 2.05) is 4.90 Å². The number of carbonyl (C=O) groups excluding carboxylic acids is 1. The third-order valence-electron chi connectivity index (χ3n) is 5.56. The van der Waals surface area contributed by atoms with Gasteiger partial charge in [0.2, 0.25) is 31.8 Å². The van der Waals surface area contributed by atoms with E-state index in [-0.39, 0.29) is 29.4 Å². The lowest BCUT2D eigenvalue weighted by atomic mass is 10.1. The molecule has 0 unspecified atom stereocenters. The number of nitrogens with one attached hydrogen (secondary N) is 4. The molecule has 2 atom stereocenters. The Balaban J connectivity index is 1.85. The van der Waals surface area contributed by atoms with E-state index >= 15 is 0 Å². The highest BCUT2D eigenvalue weighted by atomic mass is 32.2. The van der Waals surface area contributed by atoms with Crippen molar-refractivity contribution in [2.45, 2.75) is 41.6 Å². The number of hydrogen-bond acceptors (Lipinski definition) is 10. The quantitative estimate of drug-likeness (QED) is 0.280. The molecule has 180 valence electrons. The van der Waals surface area contributed by atoms with E-state index in [0.29, 0.717) is 44.7 Å². The van der Waals surface area contributed by atoms with Gasteiger partial charge in [-0.1, -0.05) is 0 Å². The van der Waals surface area contributed by atoms with Crippen LogP contribution in [0.5, 0.6) is 0 Å². The number of aromatic nitrogens is 4. The highest BCUT2D eigenvalue weighted by Gasteiger charge is 2.35. The van der Waals surface area contributed by atoms with Crippen LogP contribution in [0.15, 0.2) is 21.9 Å². The number of primary sulfonamides is 1. The molecule has 16 heteroatoms. The maximum absolute atomic E-state index is 13.2. The zero-order valence-corrected chi connectivity index (χ0v) is 19.4. The summed E-state index contributed by atoms with van der Waals surface area (Å²) in [5.74, 6) is -0.295. The van der Waals surface area contributed by atoms with Crippen LogP contribution in [0.2, 0.25) is 0 Å². The second kappa shape index (κ2) is 8.94. The minimum absolute atomic E-state index is 0.0675. The van der Waals surface area contributed by atoms with Gasteiger partial charge in [-0.3, -0.25) is 4.79 Å². The lowest BCUT2D eigenvalue weighted by molar-refractivity contribution is -0.119. The smallest absolute Gasteiger partial charge is 0.242 e. The Hall–Kier alpha value is -2.66. The fraction of sp³-hybridized carbons (Fsp3) is 0.529. The Kier molecular flexibility index (Phi) is 6.37. The van der Waals surface area contributed by atoms with Gasteiger partial charge >= 0.3 is 0 Å². The predicted molar refractivity (Wildman–Crippen MR) is 117 cm³/mol. The molecule has 2 aromatic rings. The van der Waals surface area contributed by atoms with Gasteiger partial charge in [-0.15, -0.1) is 10.2 Å². The highest BCUT2D eigenvalue weighted by molar-refractivity contribution is 7.92. The highest BCUT2D eigenvalue weighted by Crippen LogP contribution is 2.39. The summed E-state index contributed by atoms with van der Waals surface area (Å²) in [5.41, 5.74) is 0.303. The first-order valence-corrected chi connectivity index (χ1v) is 13.3. The van der Waals surface area contributed by atoms with Gasteiger partial charge in [0.25, 0.3) is 0 Å². The summed E-state index contributed by atoms with van der Waals surface area (Å²) < 4.78 is 54.4. The van der Waals surface area contributed by atoms with Crippen molar-refractivity contribution in [1.82, 2.24) is 36.0 Å². The van der Waals surface area contributed by atoms with Crippen molar-refractivity contribution >= 4 is 31.6 Å². The molecule has 1 aromatic heterocycles. The number of nitrogens with two attached hydrogens (primary N) is 1. The molecule has 0 bridgehead atoms. The first-order valence-electron chi connectivity index (χ1n) is 10.2. The second-order valence-electron chi connectivity index (χ2n) is 8.01. The molecule has 2 fully saturated rings. The summed E-state index contributed by atoms with van der Waals surface area (Å²) >= 11 is 0. The van der Waals surface area contributed by atoms with Crippen LogP contribution in [0.25, 0.3) is 11.4 Å². The molecule has 2 aliphatic heterocycles. The van der Waals surface area contributed by atoms with E-state index in [4.69, 9.17) is 5.14 Å². The standard InChI is InChI=1S/C17H25N9O5S2/c1-10(27)20-12-5-7-26(9-12)13-2-3-14(33(30,31)23-11-4-6-19-8-11)16(32(18,28)29)15(13)17-21-24-25-22-17/h2-3,11-12,19,23H,4-9H2,1H3,(H,20,27)(H2,18,28,29)(H,21,22,24,25)/t11-,12-/m1/s1. The van der Waals surface area contributed by atoms with Crippen molar-refractivity contribution < 1.29 is 21.6 Å². The average molecular weight is 500 g/mol. The number of sulfonamides is 2. The summed E-state index contributed by atoms with van der Waals surface area (Å²) in [6.07, 6.45) is 1.18. The number of carbonyl (C=O) groups is 1. The fourth-order valence-electron chi connectivity index (χ4n) is 4.22.